The first-order valence-electron chi connectivity index (χ1n) is 7.45. The lowest BCUT2D eigenvalue weighted by Crippen LogP contribution is -2.39. The van der Waals surface area contributed by atoms with Gasteiger partial charge in [-0.05, 0) is 29.8 Å². The van der Waals surface area contributed by atoms with Crippen molar-refractivity contribution >= 4 is 23.4 Å². The zero-order valence-electron chi connectivity index (χ0n) is 12.3. The van der Waals surface area contributed by atoms with Crippen LogP contribution < -0.4 is 0 Å². The first kappa shape index (κ1) is 13.7. The van der Waals surface area contributed by atoms with Gasteiger partial charge in [0, 0.05) is 32.7 Å². The Morgan fingerprint density at radius 2 is 1.81 bits per heavy atom. The second-order valence-corrected chi connectivity index (χ2v) is 8.18. The minimum absolute atomic E-state index is 0.509. The van der Waals surface area contributed by atoms with Crippen molar-refractivity contribution < 1.29 is 4.48 Å². The van der Waals surface area contributed by atoms with Gasteiger partial charge in [-0.3, -0.25) is 0 Å². The SMILES string of the molecule is C[N+]1(C)CC[C@H]2c3ccccc3Sc3ccc(Cl)cc3[C@@H]21. The standard InChI is InChI=1S/C18H19ClNS/c1-20(2)10-9-14-13-5-3-4-6-16(13)21-17-8-7-12(19)11-15(17)18(14)20/h3-8,11,14,18H,9-10H2,1-2H3/q+1/t14-,18+/m0/s1. The number of nitrogens with zero attached hydrogens (tertiary/aromatic N) is 1. The van der Waals surface area contributed by atoms with Crippen molar-refractivity contribution in [2.75, 3.05) is 20.6 Å². The Balaban J connectivity index is 1.98. The summed E-state index contributed by atoms with van der Waals surface area (Å²) in [6, 6.07) is 15.8. The lowest BCUT2D eigenvalue weighted by atomic mass is 9.87. The first-order valence-corrected chi connectivity index (χ1v) is 8.64. The van der Waals surface area contributed by atoms with Gasteiger partial charge in [0.15, 0.2) is 0 Å². The van der Waals surface area contributed by atoms with Gasteiger partial charge in [-0.15, -0.1) is 0 Å². The van der Waals surface area contributed by atoms with E-state index in [1.165, 1.54) is 33.9 Å². The molecule has 0 bridgehead atoms. The summed E-state index contributed by atoms with van der Waals surface area (Å²) < 4.78 is 1.05. The largest absolute Gasteiger partial charge is 0.322 e. The van der Waals surface area contributed by atoms with Gasteiger partial charge in [0.2, 0.25) is 0 Å². The highest BCUT2D eigenvalue weighted by Crippen LogP contribution is 2.54. The molecule has 108 valence electrons. The molecule has 1 saturated heterocycles. The quantitative estimate of drug-likeness (QED) is 0.609. The maximum Gasteiger partial charge on any atom is 0.123 e. The number of rotatable bonds is 0. The molecule has 21 heavy (non-hydrogen) atoms. The number of hydrogen-bond donors (Lipinski definition) is 0. The summed E-state index contributed by atoms with van der Waals surface area (Å²) >= 11 is 8.21. The number of likely N-dealkylation sites (N-methyl/N-ethyl adjacent to an activating group) is 1. The highest BCUT2D eigenvalue weighted by Gasteiger charge is 2.47. The fourth-order valence-electron chi connectivity index (χ4n) is 4.02. The van der Waals surface area contributed by atoms with Gasteiger partial charge in [0.1, 0.15) is 6.04 Å². The molecule has 0 amide bonds. The normalized spacial score (nSPS) is 25.7. The number of hydrogen-bond acceptors (Lipinski definition) is 1. The van der Waals surface area contributed by atoms with Crippen molar-refractivity contribution in [1.29, 1.82) is 0 Å². The highest BCUT2D eigenvalue weighted by atomic mass is 35.5. The monoisotopic (exact) mass is 316 g/mol. The Bertz CT molecular complexity index is 710. The van der Waals surface area contributed by atoms with E-state index in [2.05, 4.69) is 50.5 Å². The Hall–Kier alpha value is -0.960. The lowest BCUT2D eigenvalue weighted by Gasteiger charge is -2.34. The highest BCUT2D eigenvalue weighted by molar-refractivity contribution is 7.99. The lowest BCUT2D eigenvalue weighted by molar-refractivity contribution is -0.909. The second-order valence-electron chi connectivity index (χ2n) is 6.66. The molecule has 1 fully saturated rings. The average molecular weight is 317 g/mol. The van der Waals surface area contributed by atoms with Crippen molar-refractivity contribution in [3.05, 3.63) is 58.6 Å². The van der Waals surface area contributed by atoms with Crippen LogP contribution in [-0.2, 0) is 0 Å². The molecule has 2 heterocycles. The van der Waals surface area contributed by atoms with E-state index in [0.717, 1.165) is 9.51 Å². The summed E-state index contributed by atoms with van der Waals surface area (Å²) in [5.74, 6) is 0.600. The van der Waals surface area contributed by atoms with E-state index in [4.69, 9.17) is 11.6 Å². The van der Waals surface area contributed by atoms with E-state index in [9.17, 15) is 0 Å². The Morgan fingerprint density at radius 1 is 1.05 bits per heavy atom. The van der Waals surface area contributed by atoms with Crippen LogP contribution in [0.4, 0.5) is 0 Å². The van der Waals surface area contributed by atoms with Gasteiger partial charge in [-0.25, -0.2) is 0 Å². The molecule has 0 N–H and O–H groups in total. The smallest absolute Gasteiger partial charge is 0.123 e. The Kier molecular flexibility index (Phi) is 3.11. The van der Waals surface area contributed by atoms with E-state index in [0.29, 0.717) is 12.0 Å². The molecule has 2 atom stereocenters. The molecule has 3 heteroatoms. The number of benzene rings is 2. The number of likely N-dealkylation sites (tertiary alicyclic amines) is 1. The molecule has 2 aromatic rings. The third kappa shape index (κ3) is 2.12. The van der Waals surface area contributed by atoms with E-state index in [1.54, 1.807) is 0 Å². The molecular weight excluding hydrogens is 298 g/mol. The van der Waals surface area contributed by atoms with E-state index in [1.807, 2.05) is 17.8 Å². The molecule has 2 aliphatic rings. The molecule has 1 nitrogen and oxygen atoms in total. The summed E-state index contributed by atoms with van der Waals surface area (Å²) in [6.07, 6.45) is 1.25. The molecule has 0 unspecified atom stereocenters. The third-order valence-corrected chi connectivity index (χ3v) is 6.40. The third-order valence-electron chi connectivity index (χ3n) is 4.98. The maximum absolute atomic E-state index is 6.31. The molecule has 0 aromatic heterocycles. The van der Waals surface area contributed by atoms with Crippen molar-refractivity contribution in [3.63, 3.8) is 0 Å². The van der Waals surface area contributed by atoms with Gasteiger partial charge in [0.25, 0.3) is 0 Å². The molecule has 0 spiro atoms. The molecule has 4 rings (SSSR count). The van der Waals surface area contributed by atoms with Crippen LogP contribution in [0.15, 0.2) is 52.3 Å². The maximum atomic E-state index is 6.31. The Labute approximate surface area is 135 Å². The van der Waals surface area contributed by atoms with Crippen molar-refractivity contribution in [3.8, 4) is 0 Å². The van der Waals surface area contributed by atoms with Crippen LogP contribution in [0.5, 0.6) is 0 Å². The molecule has 0 radical (unpaired) electrons. The molecular formula is C18H19ClNS+. The van der Waals surface area contributed by atoms with Gasteiger partial charge in [-0.2, -0.15) is 0 Å². The molecule has 0 aliphatic carbocycles. The van der Waals surface area contributed by atoms with Crippen LogP contribution in [-0.4, -0.2) is 25.1 Å². The van der Waals surface area contributed by atoms with Crippen molar-refractivity contribution in [1.82, 2.24) is 0 Å². The van der Waals surface area contributed by atoms with Crippen LogP contribution in [0.1, 0.15) is 29.5 Å². The van der Waals surface area contributed by atoms with E-state index >= 15 is 0 Å². The van der Waals surface area contributed by atoms with Crippen LogP contribution >= 0.6 is 23.4 Å². The van der Waals surface area contributed by atoms with Crippen LogP contribution in [0.25, 0.3) is 0 Å². The van der Waals surface area contributed by atoms with Crippen molar-refractivity contribution in [2.24, 2.45) is 0 Å². The van der Waals surface area contributed by atoms with Crippen molar-refractivity contribution in [2.45, 2.75) is 28.2 Å². The predicted molar refractivity (Wildman–Crippen MR) is 89.1 cm³/mol. The summed E-state index contributed by atoms with van der Waals surface area (Å²) in [6.45, 7) is 1.22. The van der Waals surface area contributed by atoms with Gasteiger partial charge in [0.05, 0.1) is 20.6 Å². The van der Waals surface area contributed by atoms with Gasteiger partial charge < -0.3 is 4.48 Å². The summed E-state index contributed by atoms with van der Waals surface area (Å²) in [5.41, 5.74) is 2.94. The molecule has 0 saturated carbocycles. The number of quaternary nitrogens is 1. The van der Waals surface area contributed by atoms with Gasteiger partial charge in [-0.1, -0.05) is 41.6 Å². The molecule has 2 aliphatic heterocycles. The number of fused-ring (bicyclic) bond motifs is 5. The fraction of sp³-hybridized carbons (Fsp3) is 0.333. The van der Waals surface area contributed by atoms with Crippen LogP contribution in [0.2, 0.25) is 5.02 Å². The average Bonchev–Trinajstić information content (AvgIpc) is 2.69. The zero-order chi connectivity index (χ0) is 14.6. The summed E-state index contributed by atoms with van der Waals surface area (Å²) in [5, 5.41) is 0.853. The van der Waals surface area contributed by atoms with Crippen LogP contribution in [0, 0.1) is 0 Å². The zero-order valence-corrected chi connectivity index (χ0v) is 13.9. The first-order chi connectivity index (χ1) is 10.1. The second kappa shape index (κ2) is 4.77. The number of halogens is 1. The van der Waals surface area contributed by atoms with Gasteiger partial charge >= 0.3 is 0 Å². The fourth-order valence-corrected chi connectivity index (χ4v) is 5.35. The van der Waals surface area contributed by atoms with E-state index < -0.39 is 0 Å². The minimum Gasteiger partial charge on any atom is -0.322 e. The summed E-state index contributed by atoms with van der Waals surface area (Å²) in [7, 11) is 4.71. The van der Waals surface area contributed by atoms with Crippen LogP contribution in [0.3, 0.4) is 0 Å². The predicted octanol–water partition coefficient (Wildman–Crippen LogP) is 5.11. The summed E-state index contributed by atoms with van der Waals surface area (Å²) in [4.78, 5) is 2.78. The van der Waals surface area contributed by atoms with E-state index in [-0.39, 0.29) is 0 Å². The minimum atomic E-state index is 0.509. The topological polar surface area (TPSA) is 0 Å². The molecule has 2 aromatic carbocycles. The Morgan fingerprint density at radius 3 is 2.67 bits per heavy atom.